The second kappa shape index (κ2) is 10.8. The van der Waals surface area contributed by atoms with Gasteiger partial charge in [-0.1, -0.05) is 29.8 Å². The van der Waals surface area contributed by atoms with E-state index < -0.39 is 5.97 Å². The Morgan fingerprint density at radius 1 is 1.13 bits per heavy atom. The van der Waals surface area contributed by atoms with E-state index in [1.807, 2.05) is 12.1 Å². The average Bonchev–Trinajstić information content (AvgIpc) is 2.77. The van der Waals surface area contributed by atoms with Gasteiger partial charge in [-0.05, 0) is 60.7 Å². The van der Waals surface area contributed by atoms with Crippen molar-refractivity contribution in [2.45, 2.75) is 19.8 Å². The third kappa shape index (κ3) is 6.96. The van der Waals surface area contributed by atoms with Crippen molar-refractivity contribution < 1.29 is 19.1 Å². The van der Waals surface area contributed by atoms with Crippen molar-refractivity contribution in [3.05, 3.63) is 70.8 Å². The molecular weight excluding hydrogens is 416 g/mol. The van der Waals surface area contributed by atoms with Crippen LogP contribution in [0.4, 0.5) is 0 Å². The van der Waals surface area contributed by atoms with E-state index in [4.69, 9.17) is 16.3 Å². The standard InChI is InChI=1S/C24H25ClN2O4/c1-17(28)31-22-4-2-3-20(15-22)24(30)27-13-11-19(12-14-27)16-26-23(29)10-7-18-5-8-21(25)9-6-18/h2-10,15,19H,11-14,16H2,1H3,(H,26,29)/b10-7+. The van der Waals surface area contributed by atoms with Gasteiger partial charge in [-0.2, -0.15) is 0 Å². The maximum atomic E-state index is 12.7. The molecule has 1 saturated heterocycles. The molecule has 162 valence electrons. The summed E-state index contributed by atoms with van der Waals surface area (Å²) in [4.78, 5) is 37.7. The van der Waals surface area contributed by atoms with E-state index in [1.165, 1.54) is 13.0 Å². The van der Waals surface area contributed by atoms with Gasteiger partial charge in [0, 0.05) is 43.2 Å². The van der Waals surface area contributed by atoms with Crippen LogP contribution >= 0.6 is 11.6 Å². The van der Waals surface area contributed by atoms with Crippen molar-refractivity contribution in [2.75, 3.05) is 19.6 Å². The predicted octanol–water partition coefficient (Wildman–Crippen LogP) is 3.95. The van der Waals surface area contributed by atoms with Crippen LogP contribution in [0.2, 0.25) is 5.02 Å². The van der Waals surface area contributed by atoms with E-state index in [2.05, 4.69) is 5.32 Å². The number of nitrogens with zero attached hydrogens (tertiary/aromatic N) is 1. The minimum Gasteiger partial charge on any atom is -0.427 e. The zero-order chi connectivity index (χ0) is 22.2. The second-order valence-corrected chi connectivity index (χ2v) is 7.92. The molecule has 1 N–H and O–H groups in total. The van der Waals surface area contributed by atoms with Crippen molar-refractivity contribution in [2.24, 2.45) is 5.92 Å². The Morgan fingerprint density at radius 2 is 1.84 bits per heavy atom. The third-order valence-corrected chi connectivity index (χ3v) is 5.36. The Bertz CT molecular complexity index is 964. The Hall–Kier alpha value is -3.12. The normalized spacial score (nSPS) is 14.5. The van der Waals surface area contributed by atoms with Crippen LogP contribution < -0.4 is 10.1 Å². The van der Waals surface area contributed by atoms with Crippen LogP contribution in [0.25, 0.3) is 6.08 Å². The summed E-state index contributed by atoms with van der Waals surface area (Å²) in [6.07, 6.45) is 4.89. The second-order valence-electron chi connectivity index (χ2n) is 7.49. The lowest BCUT2D eigenvalue weighted by Crippen LogP contribution is -2.41. The summed E-state index contributed by atoms with van der Waals surface area (Å²) in [6.45, 7) is 3.15. The summed E-state index contributed by atoms with van der Waals surface area (Å²) in [7, 11) is 0. The van der Waals surface area contributed by atoms with Gasteiger partial charge in [-0.15, -0.1) is 0 Å². The maximum absolute atomic E-state index is 12.7. The first kappa shape index (κ1) is 22.6. The number of ether oxygens (including phenoxy) is 1. The number of hydrogen-bond donors (Lipinski definition) is 1. The molecule has 2 amide bonds. The minimum absolute atomic E-state index is 0.0811. The van der Waals surface area contributed by atoms with Gasteiger partial charge in [0.15, 0.2) is 0 Å². The number of carbonyl (C=O) groups is 3. The summed E-state index contributed by atoms with van der Waals surface area (Å²) >= 11 is 5.85. The molecule has 0 aromatic heterocycles. The van der Waals surface area contributed by atoms with Crippen molar-refractivity contribution in [1.82, 2.24) is 10.2 Å². The molecular formula is C24H25ClN2O4. The predicted molar refractivity (Wildman–Crippen MR) is 120 cm³/mol. The van der Waals surface area contributed by atoms with E-state index in [0.29, 0.717) is 41.9 Å². The number of esters is 1. The molecule has 2 aromatic carbocycles. The first-order valence-electron chi connectivity index (χ1n) is 10.2. The monoisotopic (exact) mass is 440 g/mol. The fourth-order valence-electron chi connectivity index (χ4n) is 3.43. The highest BCUT2D eigenvalue weighted by molar-refractivity contribution is 6.30. The number of hydrogen-bond acceptors (Lipinski definition) is 4. The molecule has 31 heavy (non-hydrogen) atoms. The fraction of sp³-hybridized carbons (Fsp3) is 0.292. The van der Waals surface area contributed by atoms with Gasteiger partial charge in [-0.3, -0.25) is 14.4 Å². The Kier molecular flexibility index (Phi) is 7.84. The van der Waals surface area contributed by atoms with Crippen LogP contribution in [0.5, 0.6) is 5.75 Å². The summed E-state index contributed by atoms with van der Waals surface area (Å²) < 4.78 is 5.06. The molecule has 0 saturated carbocycles. The molecule has 0 spiro atoms. The molecule has 0 aliphatic carbocycles. The van der Waals surface area contributed by atoms with Crippen molar-refractivity contribution >= 4 is 35.5 Å². The fourth-order valence-corrected chi connectivity index (χ4v) is 3.56. The van der Waals surface area contributed by atoms with Crippen LogP contribution in [0.1, 0.15) is 35.7 Å². The first-order valence-corrected chi connectivity index (χ1v) is 10.6. The third-order valence-electron chi connectivity index (χ3n) is 5.11. The van der Waals surface area contributed by atoms with Gasteiger partial charge in [0.2, 0.25) is 5.91 Å². The SMILES string of the molecule is CC(=O)Oc1cccc(C(=O)N2CCC(CNC(=O)/C=C/c3ccc(Cl)cc3)CC2)c1. The molecule has 1 aliphatic heterocycles. The molecule has 0 unspecified atom stereocenters. The van der Waals surface area contributed by atoms with Crippen LogP contribution in [-0.2, 0) is 9.59 Å². The van der Waals surface area contributed by atoms with Gasteiger partial charge in [0.05, 0.1) is 0 Å². The van der Waals surface area contributed by atoms with Crippen LogP contribution in [0, 0.1) is 5.92 Å². The van der Waals surface area contributed by atoms with Gasteiger partial charge in [0.1, 0.15) is 5.75 Å². The zero-order valence-corrected chi connectivity index (χ0v) is 18.1. The Balaban J connectivity index is 1.44. The van der Waals surface area contributed by atoms with Gasteiger partial charge in [0.25, 0.3) is 5.91 Å². The molecule has 1 heterocycles. The Labute approximate surface area is 186 Å². The number of likely N-dealkylation sites (tertiary alicyclic amines) is 1. The molecule has 2 aromatic rings. The highest BCUT2D eigenvalue weighted by Gasteiger charge is 2.24. The Morgan fingerprint density at radius 3 is 2.52 bits per heavy atom. The first-order chi connectivity index (χ1) is 14.9. The number of carbonyl (C=O) groups excluding carboxylic acids is 3. The van der Waals surface area contributed by atoms with Crippen LogP contribution in [-0.4, -0.2) is 42.3 Å². The topological polar surface area (TPSA) is 75.7 Å². The lowest BCUT2D eigenvalue weighted by atomic mass is 9.96. The number of nitrogens with one attached hydrogen (secondary N) is 1. The van der Waals surface area contributed by atoms with E-state index in [-0.39, 0.29) is 11.8 Å². The number of benzene rings is 2. The summed E-state index contributed by atoms with van der Waals surface area (Å²) in [5.41, 5.74) is 1.40. The number of amides is 2. The molecule has 1 fully saturated rings. The van der Waals surface area contributed by atoms with Gasteiger partial charge >= 0.3 is 5.97 Å². The summed E-state index contributed by atoms with van der Waals surface area (Å²) in [5, 5.41) is 3.59. The van der Waals surface area contributed by atoms with E-state index in [9.17, 15) is 14.4 Å². The minimum atomic E-state index is -0.421. The quantitative estimate of drug-likeness (QED) is 0.419. The number of piperidine rings is 1. The highest BCUT2D eigenvalue weighted by atomic mass is 35.5. The van der Waals surface area contributed by atoms with Gasteiger partial charge in [-0.25, -0.2) is 0 Å². The smallest absolute Gasteiger partial charge is 0.308 e. The lowest BCUT2D eigenvalue weighted by molar-refractivity contribution is -0.131. The summed E-state index contributed by atoms with van der Waals surface area (Å²) in [6, 6.07) is 13.9. The van der Waals surface area contributed by atoms with E-state index in [1.54, 1.807) is 47.4 Å². The van der Waals surface area contributed by atoms with Gasteiger partial charge < -0.3 is 15.0 Å². The van der Waals surface area contributed by atoms with Crippen LogP contribution in [0.3, 0.4) is 0 Å². The average molecular weight is 441 g/mol. The van der Waals surface area contributed by atoms with E-state index >= 15 is 0 Å². The molecule has 0 atom stereocenters. The van der Waals surface area contributed by atoms with E-state index in [0.717, 1.165) is 18.4 Å². The molecule has 6 nitrogen and oxygen atoms in total. The van der Waals surface area contributed by atoms with Crippen LogP contribution in [0.15, 0.2) is 54.6 Å². The molecule has 7 heteroatoms. The van der Waals surface area contributed by atoms with Crippen molar-refractivity contribution in [1.29, 1.82) is 0 Å². The molecule has 0 radical (unpaired) electrons. The van der Waals surface area contributed by atoms with Crippen molar-refractivity contribution in [3.63, 3.8) is 0 Å². The molecule has 0 bridgehead atoms. The zero-order valence-electron chi connectivity index (χ0n) is 17.3. The largest absolute Gasteiger partial charge is 0.427 e. The number of halogens is 1. The maximum Gasteiger partial charge on any atom is 0.308 e. The summed E-state index contributed by atoms with van der Waals surface area (Å²) in [5.74, 6) is 0.0421. The van der Waals surface area contributed by atoms with Crippen molar-refractivity contribution in [3.8, 4) is 5.75 Å². The molecule has 1 aliphatic rings. The highest BCUT2D eigenvalue weighted by Crippen LogP contribution is 2.21. The lowest BCUT2D eigenvalue weighted by Gasteiger charge is -2.32. The number of rotatable bonds is 6. The molecule has 3 rings (SSSR count).